The maximum Gasteiger partial charge on any atom is 0.316 e. The lowest BCUT2D eigenvalue weighted by Gasteiger charge is -2.07. The molecule has 0 atom stereocenters. The van der Waals surface area contributed by atoms with Gasteiger partial charge in [0.05, 0.1) is 12.1 Å². The topological polar surface area (TPSA) is 92.5 Å². The first-order valence-electron chi connectivity index (χ1n) is 6.29. The van der Waals surface area contributed by atoms with E-state index in [1.54, 1.807) is 50.0 Å². The Balaban J connectivity index is 1.98. The molecule has 1 aromatic heterocycles. The Bertz CT molecular complexity index is 664. The van der Waals surface area contributed by atoms with Crippen molar-refractivity contribution in [2.75, 3.05) is 19.0 Å². The fourth-order valence-corrected chi connectivity index (χ4v) is 1.72. The number of halogens is 1. The molecule has 7 nitrogen and oxygen atoms in total. The number of nitrogens with one attached hydrogen (secondary N) is 2. The van der Waals surface area contributed by atoms with Gasteiger partial charge in [-0.05, 0) is 18.2 Å². The average molecular weight is 320 g/mol. The second-order valence-electron chi connectivity index (χ2n) is 4.06. The molecule has 0 aliphatic rings. The Hall–Kier alpha value is -2.67. The number of rotatable bonds is 7. The highest BCUT2D eigenvalue weighted by molar-refractivity contribution is 6.32. The van der Waals surface area contributed by atoms with Gasteiger partial charge in [0.1, 0.15) is 18.1 Å². The van der Waals surface area contributed by atoms with Gasteiger partial charge in [0.25, 0.3) is 0 Å². The summed E-state index contributed by atoms with van der Waals surface area (Å²) in [6.45, 7) is 0.0746. The average Bonchev–Trinajstić information content (AvgIpc) is 2.57. The van der Waals surface area contributed by atoms with E-state index >= 15 is 0 Å². The Morgan fingerprint density at radius 3 is 2.86 bits per heavy atom. The third-order valence-corrected chi connectivity index (χ3v) is 2.90. The first-order valence-corrected chi connectivity index (χ1v) is 6.67. The SMILES string of the molecule is COc1cc(N/C=C(/COc2ncccn2)N=N)ccc1Cl. The minimum absolute atomic E-state index is 0.0746. The molecule has 2 N–H and O–H groups in total. The molecular weight excluding hydrogens is 306 g/mol. The summed E-state index contributed by atoms with van der Waals surface area (Å²) in [5, 5.41) is 6.91. The second kappa shape index (κ2) is 7.94. The van der Waals surface area contributed by atoms with Gasteiger partial charge in [-0.2, -0.15) is 5.11 Å². The van der Waals surface area contributed by atoms with E-state index in [0.717, 1.165) is 5.69 Å². The van der Waals surface area contributed by atoms with Crippen LogP contribution in [0, 0.1) is 5.53 Å². The van der Waals surface area contributed by atoms with Crippen molar-refractivity contribution < 1.29 is 9.47 Å². The zero-order chi connectivity index (χ0) is 15.8. The molecule has 0 saturated carbocycles. The van der Waals surface area contributed by atoms with E-state index in [9.17, 15) is 0 Å². The summed E-state index contributed by atoms with van der Waals surface area (Å²) < 4.78 is 10.5. The highest BCUT2D eigenvalue weighted by atomic mass is 35.5. The van der Waals surface area contributed by atoms with E-state index in [4.69, 9.17) is 26.6 Å². The number of nitrogens with zero attached hydrogens (tertiary/aromatic N) is 3. The van der Waals surface area contributed by atoms with Gasteiger partial charge in [-0.3, -0.25) is 0 Å². The lowest BCUT2D eigenvalue weighted by atomic mass is 10.3. The summed E-state index contributed by atoms with van der Waals surface area (Å²) in [6, 6.07) is 7.15. The van der Waals surface area contributed by atoms with Crippen molar-refractivity contribution in [1.29, 1.82) is 5.53 Å². The molecule has 0 radical (unpaired) electrons. The van der Waals surface area contributed by atoms with Crippen molar-refractivity contribution in [1.82, 2.24) is 9.97 Å². The predicted molar refractivity (Wildman–Crippen MR) is 82.4 cm³/mol. The van der Waals surface area contributed by atoms with Crippen LogP contribution in [0.2, 0.25) is 5.02 Å². The molecular formula is C14H14ClN5O2. The van der Waals surface area contributed by atoms with E-state index in [-0.39, 0.29) is 12.6 Å². The maximum atomic E-state index is 7.15. The van der Waals surface area contributed by atoms with Crippen LogP contribution in [0.25, 0.3) is 0 Å². The molecule has 1 aromatic carbocycles. The minimum Gasteiger partial charge on any atom is -0.495 e. The number of ether oxygens (including phenoxy) is 2. The van der Waals surface area contributed by atoms with Gasteiger partial charge in [0, 0.05) is 30.3 Å². The van der Waals surface area contributed by atoms with Crippen LogP contribution in [-0.4, -0.2) is 23.7 Å². The first-order chi connectivity index (χ1) is 10.7. The van der Waals surface area contributed by atoms with E-state index in [0.29, 0.717) is 16.5 Å². The molecule has 0 fully saturated rings. The Morgan fingerprint density at radius 2 is 2.18 bits per heavy atom. The van der Waals surface area contributed by atoms with E-state index in [2.05, 4.69) is 20.4 Å². The Morgan fingerprint density at radius 1 is 1.41 bits per heavy atom. The van der Waals surface area contributed by atoms with Gasteiger partial charge >= 0.3 is 6.01 Å². The molecule has 0 saturated heterocycles. The number of hydrogen-bond donors (Lipinski definition) is 2. The molecule has 22 heavy (non-hydrogen) atoms. The van der Waals surface area contributed by atoms with Gasteiger partial charge in [0.15, 0.2) is 0 Å². The summed E-state index contributed by atoms with van der Waals surface area (Å²) in [5.74, 6) is 0.554. The summed E-state index contributed by atoms with van der Waals surface area (Å²) in [7, 11) is 1.54. The molecule has 0 aliphatic carbocycles. The Labute approximate surface area is 132 Å². The van der Waals surface area contributed by atoms with E-state index < -0.39 is 0 Å². The standard InChI is InChI=1S/C14H14ClN5O2/c1-21-13-7-10(3-4-12(13)15)19-8-11(20-16)9-22-14-17-5-2-6-18-14/h2-8,16,19H,9H2,1H3/b11-8-,20-16?. The van der Waals surface area contributed by atoms with Crippen LogP contribution < -0.4 is 14.8 Å². The molecule has 8 heteroatoms. The summed E-state index contributed by atoms with van der Waals surface area (Å²) in [5.41, 5.74) is 8.28. The smallest absolute Gasteiger partial charge is 0.316 e. The monoisotopic (exact) mass is 319 g/mol. The molecule has 2 rings (SSSR count). The zero-order valence-corrected chi connectivity index (χ0v) is 12.5. The highest BCUT2D eigenvalue weighted by Gasteiger charge is 2.03. The maximum absolute atomic E-state index is 7.15. The van der Waals surface area contributed by atoms with Crippen molar-refractivity contribution in [2.45, 2.75) is 0 Å². The lowest BCUT2D eigenvalue weighted by Crippen LogP contribution is -2.04. The normalized spacial score (nSPS) is 10.9. The van der Waals surface area contributed by atoms with Crippen LogP contribution in [0.15, 0.2) is 53.7 Å². The molecule has 2 aromatic rings. The van der Waals surface area contributed by atoms with Gasteiger partial charge in [-0.15, -0.1) is 0 Å². The van der Waals surface area contributed by atoms with Crippen LogP contribution in [-0.2, 0) is 0 Å². The number of benzene rings is 1. The van der Waals surface area contributed by atoms with Gasteiger partial charge in [0.2, 0.25) is 0 Å². The molecule has 114 valence electrons. The molecule has 0 spiro atoms. The summed E-state index contributed by atoms with van der Waals surface area (Å²) >= 11 is 5.95. The molecule has 0 unspecified atom stereocenters. The third-order valence-electron chi connectivity index (χ3n) is 2.59. The molecule has 0 bridgehead atoms. The quantitative estimate of drug-likeness (QED) is 0.762. The lowest BCUT2D eigenvalue weighted by molar-refractivity contribution is 0.320. The van der Waals surface area contributed by atoms with Crippen LogP contribution in [0.4, 0.5) is 5.69 Å². The van der Waals surface area contributed by atoms with Crippen molar-refractivity contribution in [2.24, 2.45) is 5.11 Å². The zero-order valence-electron chi connectivity index (χ0n) is 11.8. The molecule has 1 heterocycles. The predicted octanol–water partition coefficient (Wildman–Crippen LogP) is 3.50. The largest absolute Gasteiger partial charge is 0.495 e. The van der Waals surface area contributed by atoms with E-state index in [1.165, 1.54) is 0 Å². The second-order valence-corrected chi connectivity index (χ2v) is 4.47. The Kier molecular flexibility index (Phi) is 5.67. The number of hydrogen-bond acceptors (Lipinski definition) is 7. The highest BCUT2D eigenvalue weighted by Crippen LogP contribution is 2.27. The summed E-state index contributed by atoms with van der Waals surface area (Å²) in [6.07, 6.45) is 4.70. The van der Waals surface area contributed by atoms with E-state index in [1.807, 2.05) is 0 Å². The van der Waals surface area contributed by atoms with Gasteiger partial charge in [-0.1, -0.05) is 11.6 Å². The fraction of sp³-hybridized carbons (Fsp3) is 0.143. The fourth-order valence-electron chi connectivity index (χ4n) is 1.52. The van der Waals surface area contributed by atoms with Crippen molar-refractivity contribution in [3.8, 4) is 11.8 Å². The van der Waals surface area contributed by atoms with Crippen molar-refractivity contribution >= 4 is 17.3 Å². The van der Waals surface area contributed by atoms with Crippen LogP contribution in [0.1, 0.15) is 0 Å². The van der Waals surface area contributed by atoms with Crippen LogP contribution >= 0.6 is 11.6 Å². The minimum atomic E-state index is 0.0746. The van der Waals surface area contributed by atoms with Crippen LogP contribution in [0.5, 0.6) is 11.8 Å². The van der Waals surface area contributed by atoms with Crippen LogP contribution in [0.3, 0.4) is 0 Å². The third kappa shape index (κ3) is 4.42. The van der Waals surface area contributed by atoms with Gasteiger partial charge < -0.3 is 14.8 Å². The molecule has 0 amide bonds. The number of methoxy groups -OCH3 is 1. The summed E-state index contributed by atoms with van der Waals surface area (Å²) in [4.78, 5) is 7.84. The van der Waals surface area contributed by atoms with Crippen molar-refractivity contribution in [3.63, 3.8) is 0 Å². The molecule has 0 aliphatic heterocycles. The number of aromatic nitrogens is 2. The number of anilines is 1. The first kappa shape index (κ1) is 15.7. The van der Waals surface area contributed by atoms with Gasteiger partial charge in [-0.25, -0.2) is 15.5 Å². The van der Waals surface area contributed by atoms with Crippen molar-refractivity contribution in [3.05, 3.63) is 53.6 Å².